The topological polar surface area (TPSA) is 30.7 Å². The van der Waals surface area contributed by atoms with Gasteiger partial charge in [0.15, 0.2) is 5.82 Å². The third-order valence-electron chi connectivity index (χ3n) is 3.97. The summed E-state index contributed by atoms with van der Waals surface area (Å²) in [6.07, 6.45) is 6.09. The SMILES string of the molecule is C=C(c1nc2n(n1)CCC2)C1(C)CCC1. The van der Waals surface area contributed by atoms with E-state index in [-0.39, 0.29) is 5.41 Å². The zero-order chi connectivity index (χ0) is 10.5. The lowest BCUT2D eigenvalue weighted by molar-refractivity contribution is 0.247. The third kappa shape index (κ3) is 1.25. The molecule has 2 aliphatic rings. The standard InChI is InChI=1S/C12H17N3/c1-9(12(2)6-4-7-12)11-13-10-5-3-8-15(10)14-11/h1,3-8H2,2H3. The number of hydrogen-bond acceptors (Lipinski definition) is 2. The Hall–Kier alpha value is -1.12. The minimum atomic E-state index is 0.280. The van der Waals surface area contributed by atoms with Crippen molar-refractivity contribution in [3.63, 3.8) is 0 Å². The van der Waals surface area contributed by atoms with Crippen LogP contribution in [0.25, 0.3) is 5.57 Å². The molecule has 0 saturated heterocycles. The van der Waals surface area contributed by atoms with Crippen LogP contribution in [0.3, 0.4) is 0 Å². The van der Waals surface area contributed by atoms with Crippen LogP contribution in [0.4, 0.5) is 0 Å². The fraction of sp³-hybridized carbons (Fsp3) is 0.667. The first-order valence-corrected chi connectivity index (χ1v) is 5.82. The van der Waals surface area contributed by atoms with Gasteiger partial charge in [0.2, 0.25) is 0 Å². The molecule has 1 fully saturated rings. The maximum atomic E-state index is 4.59. The van der Waals surface area contributed by atoms with Gasteiger partial charge in [0.05, 0.1) is 0 Å². The minimum Gasteiger partial charge on any atom is -0.249 e. The molecular formula is C12H17N3. The fourth-order valence-electron chi connectivity index (χ4n) is 2.53. The van der Waals surface area contributed by atoms with Crippen molar-refractivity contribution >= 4 is 5.57 Å². The van der Waals surface area contributed by atoms with Crippen molar-refractivity contribution in [1.29, 1.82) is 0 Å². The van der Waals surface area contributed by atoms with Gasteiger partial charge in [-0.2, -0.15) is 5.10 Å². The van der Waals surface area contributed by atoms with Gasteiger partial charge in [-0.15, -0.1) is 0 Å². The Morgan fingerprint density at radius 2 is 2.20 bits per heavy atom. The van der Waals surface area contributed by atoms with E-state index in [1.54, 1.807) is 0 Å². The number of fused-ring (bicyclic) bond motifs is 1. The van der Waals surface area contributed by atoms with Gasteiger partial charge in [-0.1, -0.05) is 19.9 Å². The molecule has 0 unspecified atom stereocenters. The molecule has 1 aromatic heterocycles. The Morgan fingerprint density at radius 3 is 2.80 bits per heavy atom. The number of nitrogens with zero attached hydrogens (tertiary/aromatic N) is 3. The van der Waals surface area contributed by atoms with E-state index in [4.69, 9.17) is 0 Å². The molecule has 1 aliphatic heterocycles. The molecule has 0 spiro atoms. The molecule has 3 rings (SSSR count). The molecule has 2 heterocycles. The Morgan fingerprint density at radius 1 is 1.40 bits per heavy atom. The Labute approximate surface area is 90.2 Å². The highest BCUT2D eigenvalue weighted by molar-refractivity contribution is 5.63. The molecule has 3 nitrogen and oxygen atoms in total. The van der Waals surface area contributed by atoms with Gasteiger partial charge in [0.25, 0.3) is 0 Å². The predicted octanol–water partition coefficient (Wildman–Crippen LogP) is 2.43. The summed E-state index contributed by atoms with van der Waals surface area (Å²) in [5.41, 5.74) is 1.43. The van der Waals surface area contributed by atoms with Crippen LogP contribution in [-0.4, -0.2) is 14.8 Å². The largest absolute Gasteiger partial charge is 0.249 e. The van der Waals surface area contributed by atoms with Crippen molar-refractivity contribution in [1.82, 2.24) is 14.8 Å². The van der Waals surface area contributed by atoms with Crippen LogP contribution in [0.2, 0.25) is 0 Å². The highest BCUT2D eigenvalue weighted by Crippen LogP contribution is 2.49. The molecule has 1 aromatic rings. The molecule has 3 heteroatoms. The Balaban J connectivity index is 1.89. The number of aromatic nitrogens is 3. The van der Waals surface area contributed by atoms with E-state index in [0.29, 0.717) is 0 Å². The van der Waals surface area contributed by atoms with Gasteiger partial charge < -0.3 is 0 Å². The average molecular weight is 203 g/mol. The molecule has 1 aliphatic carbocycles. The van der Waals surface area contributed by atoms with Gasteiger partial charge in [0, 0.05) is 13.0 Å². The second-order valence-electron chi connectivity index (χ2n) is 5.07. The van der Waals surface area contributed by atoms with E-state index in [1.807, 2.05) is 4.68 Å². The van der Waals surface area contributed by atoms with Crippen LogP contribution in [-0.2, 0) is 13.0 Å². The van der Waals surface area contributed by atoms with Gasteiger partial charge >= 0.3 is 0 Å². The molecule has 0 amide bonds. The van der Waals surface area contributed by atoms with Gasteiger partial charge in [-0.25, -0.2) is 9.67 Å². The zero-order valence-corrected chi connectivity index (χ0v) is 9.29. The quantitative estimate of drug-likeness (QED) is 0.739. The molecule has 0 N–H and O–H groups in total. The lowest BCUT2D eigenvalue weighted by Gasteiger charge is -2.39. The predicted molar refractivity (Wildman–Crippen MR) is 59.3 cm³/mol. The maximum absolute atomic E-state index is 4.59. The second-order valence-corrected chi connectivity index (χ2v) is 5.07. The molecule has 80 valence electrons. The van der Waals surface area contributed by atoms with Crippen LogP contribution >= 0.6 is 0 Å². The van der Waals surface area contributed by atoms with Crippen molar-refractivity contribution in [2.75, 3.05) is 0 Å². The number of rotatable bonds is 2. The van der Waals surface area contributed by atoms with E-state index in [9.17, 15) is 0 Å². The first-order chi connectivity index (χ1) is 7.19. The van der Waals surface area contributed by atoms with Gasteiger partial charge in [-0.05, 0) is 30.3 Å². The van der Waals surface area contributed by atoms with Crippen LogP contribution < -0.4 is 0 Å². The highest BCUT2D eigenvalue weighted by Gasteiger charge is 2.37. The maximum Gasteiger partial charge on any atom is 0.177 e. The summed E-state index contributed by atoms with van der Waals surface area (Å²) < 4.78 is 2.04. The Kier molecular flexibility index (Phi) is 1.79. The van der Waals surface area contributed by atoms with Crippen LogP contribution in [0, 0.1) is 5.41 Å². The molecule has 1 saturated carbocycles. The summed E-state index contributed by atoms with van der Waals surface area (Å²) in [7, 11) is 0. The van der Waals surface area contributed by atoms with E-state index >= 15 is 0 Å². The summed E-state index contributed by atoms with van der Waals surface area (Å²) in [5, 5.41) is 4.54. The second kappa shape index (κ2) is 2.94. The van der Waals surface area contributed by atoms with E-state index < -0.39 is 0 Å². The molecular weight excluding hydrogens is 186 g/mol. The summed E-state index contributed by atoms with van der Waals surface area (Å²) in [6.45, 7) is 7.51. The lowest BCUT2D eigenvalue weighted by Crippen LogP contribution is -2.27. The van der Waals surface area contributed by atoms with E-state index in [2.05, 4.69) is 23.6 Å². The van der Waals surface area contributed by atoms with Gasteiger partial charge in [0.1, 0.15) is 5.82 Å². The summed E-state index contributed by atoms with van der Waals surface area (Å²) in [6, 6.07) is 0. The van der Waals surface area contributed by atoms with Crippen LogP contribution in [0.1, 0.15) is 44.3 Å². The van der Waals surface area contributed by atoms with Crippen LogP contribution in [0.15, 0.2) is 6.58 Å². The van der Waals surface area contributed by atoms with Gasteiger partial charge in [-0.3, -0.25) is 0 Å². The monoisotopic (exact) mass is 203 g/mol. The molecule has 0 atom stereocenters. The number of aryl methyl sites for hydroxylation is 2. The first-order valence-electron chi connectivity index (χ1n) is 5.82. The van der Waals surface area contributed by atoms with E-state index in [0.717, 1.165) is 30.2 Å². The van der Waals surface area contributed by atoms with Crippen molar-refractivity contribution in [2.45, 2.75) is 45.6 Å². The summed E-state index contributed by atoms with van der Waals surface area (Å²) >= 11 is 0. The normalized spacial score (nSPS) is 22.2. The fourth-order valence-corrected chi connectivity index (χ4v) is 2.53. The molecule has 0 radical (unpaired) electrons. The minimum absolute atomic E-state index is 0.280. The third-order valence-corrected chi connectivity index (χ3v) is 3.97. The molecule has 0 aromatic carbocycles. The van der Waals surface area contributed by atoms with Crippen molar-refractivity contribution in [3.05, 3.63) is 18.2 Å². The lowest BCUT2D eigenvalue weighted by atomic mass is 9.66. The van der Waals surface area contributed by atoms with Crippen LogP contribution in [0.5, 0.6) is 0 Å². The smallest absolute Gasteiger partial charge is 0.177 e. The number of allylic oxidation sites excluding steroid dienone is 1. The molecule has 0 bridgehead atoms. The van der Waals surface area contributed by atoms with Crippen molar-refractivity contribution in [2.24, 2.45) is 5.41 Å². The van der Waals surface area contributed by atoms with Crippen molar-refractivity contribution < 1.29 is 0 Å². The average Bonchev–Trinajstić information content (AvgIpc) is 2.71. The summed E-state index contributed by atoms with van der Waals surface area (Å²) in [5.74, 6) is 2.04. The number of hydrogen-bond donors (Lipinski definition) is 0. The van der Waals surface area contributed by atoms with Crippen molar-refractivity contribution in [3.8, 4) is 0 Å². The highest BCUT2D eigenvalue weighted by atomic mass is 15.4. The summed E-state index contributed by atoms with van der Waals surface area (Å²) in [4.78, 5) is 4.59. The van der Waals surface area contributed by atoms with E-state index in [1.165, 1.54) is 25.7 Å². The first kappa shape index (κ1) is 9.13. The zero-order valence-electron chi connectivity index (χ0n) is 9.29. The Bertz CT molecular complexity index is 391. The molecule has 15 heavy (non-hydrogen) atoms.